The number of rotatable bonds is 5. The van der Waals surface area contributed by atoms with Crippen LogP contribution in [0.15, 0.2) is 34.9 Å². The summed E-state index contributed by atoms with van der Waals surface area (Å²) in [4.78, 5) is 4.19. The third-order valence-electron chi connectivity index (χ3n) is 2.70. The van der Waals surface area contributed by atoms with E-state index in [0.29, 0.717) is 13.0 Å². The highest BCUT2D eigenvalue weighted by Gasteiger charge is 2.03. The Morgan fingerprint density at radius 3 is 2.88 bits per heavy atom. The molecule has 0 bridgehead atoms. The van der Waals surface area contributed by atoms with Crippen molar-refractivity contribution in [1.82, 2.24) is 4.98 Å². The lowest BCUT2D eigenvalue weighted by atomic mass is 10.1. The molecule has 3 nitrogen and oxygen atoms in total. The number of hydrogen-bond donors (Lipinski definition) is 1. The van der Waals surface area contributed by atoms with Gasteiger partial charge in [0, 0.05) is 19.4 Å². The molecule has 0 saturated heterocycles. The quantitative estimate of drug-likeness (QED) is 0.857. The lowest BCUT2D eigenvalue weighted by molar-refractivity contribution is 0.455. The van der Waals surface area contributed by atoms with E-state index in [9.17, 15) is 0 Å². The molecule has 0 amide bonds. The predicted octanol–water partition coefficient (Wildman–Crippen LogP) is 2.27. The smallest absolute Gasteiger partial charge is 0.195 e. The summed E-state index contributed by atoms with van der Waals surface area (Å²) in [5, 5.41) is 0. The number of nitrogens with two attached hydrogens (primary N) is 1. The third kappa shape index (κ3) is 3.43. The molecule has 0 radical (unpaired) electrons. The Hall–Kier alpha value is -1.61. The van der Waals surface area contributed by atoms with E-state index >= 15 is 0 Å². The zero-order valence-corrected chi connectivity index (χ0v) is 10.1. The van der Waals surface area contributed by atoms with Crippen molar-refractivity contribution in [2.24, 2.45) is 5.73 Å². The van der Waals surface area contributed by atoms with Gasteiger partial charge in [0.1, 0.15) is 5.76 Å². The molecule has 2 rings (SSSR count). The summed E-state index contributed by atoms with van der Waals surface area (Å²) in [5.74, 6) is 1.68. The van der Waals surface area contributed by atoms with Gasteiger partial charge in [-0.25, -0.2) is 4.98 Å². The molecule has 0 fully saturated rings. The molecule has 0 atom stereocenters. The SMILES string of the molecule is Cc1cccc(CCc2cnc(CCN)o2)c1. The number of hydrogen-bond acceptors (Lipinski definition) is 3. The standard InChI is InChI=1S/C14H18N2O/c1-11-3-2-4-12(9-11)5-6-13-10-16-14(17-13)7-8-15/h2-4,9-10H,5-8,15H2,1H3. The van der Waals surface area contributed by atoms with Gasteiger partial charge in [0.25, 0.3) is 0 Å². The van der Waals surface area contributed by atoms with Crippen molar-refractivity contribution >= 4 is 0 Å². The Kier molecular flexibility index (Phi) is 3.94. The maximum Gasteiger partial charge on any atom is 0.195 e. The molecule has 1 aromatic carbocycles. The van der Waals surface area contributed by atoms with E-state index in [0.717, 1.165) is 24.5 Å². The number of nitrogens with zero attached hydrogens (tertiary/aromatic N) is 1. The van der Waals surface area contributed by atoms with Gasteiger partial charge in [0.05, 0.1) is 6.20 Å². The minimum Gasteiger partial charge on any atom is -0.446 e. The summed E-state index contributed by atoms with van der Waals surface area (Å²) < 4.78 is 5.58. The third-order valence-corrected chi connectivity index (χ3v) is 2.70. The first-order chi connectivity index (χ1) is 8.28. The van der Waals surface area contributed by atoms with Crippen LogP contribution in [0.5, 0.6) is 0 Å². The van der Waals surface area contributed by atoms with Crippen molar-refractivity contribution < 1.29 is 4.42 Å². The van der Waals surface area contributed by atoms with Crippen molar-refractivity contribution in [3.8, 4) is 0 Å². The van der Waals surface area contributed by atoms with Gasteiger partial charge in [-0.15, -0.1) is 0 Å². The summed E-state index contributed by atoms with van der Waals surface area (Å²) in [5.41, 5.74) is 8.08. The summed E-state index contributed by atoms with van der Waals surface area (Å²) in [6, 6.07) is 8.55. The zero-order chi connectivity index (χ0) is 12.1. The van der Waals surface area contributed by atoms with E-state index in [1.54, 1.807) is 6.20 Å². The minimum atomic E-state index is 0.581. The molecule has 1 heterocycles. The number of aromatic nitrogens is 1. The summed E-state index contributed by atoms with van der Waals surface area (Å²) in [6.07, 6.45) is 4.39. The molecule has 0 aliphatic heterocycles. The van der Waals surface area contributed by atoms with Crippen LogP contribution < -0.4 is 5.73 Å². The fraction of sp³-hybridized carbons (Fsp3) is 0.357. The largest absolute Gasteiger partial charge is 0.446 e. The molecular formula is C14H18N2O. The van der Waals surface area contributed by atoms with Crippen molar-refractivity contribution in [3.05, 3.63) is 53.2 Å². The molecule has 0 aliphatic rings. The first kappa shape index (κ1) is 11.9. The number of benzene rings is 1. The van der Waals surface area contributed by atoms with E-state index in [1.807, 2.05) is 0 Å². The molecule has 2 N–H and O–H groups in total. The van der Waals surface area contributed by atoms with Crippen molar-refractivity contribution in [3.63, 3.8) is 0 Å². The molecule has 0 saturated carbocycles. The van der Waals surface area contributed by atoms with Crippen LogP contribution in [-0.2, 0) is 19.3 Å². The van der Waals surface area contributed by atoms with Gasteiger partial charge in [0.2, 0.25) is 0 Å². The van der Waals surface area contributed by atoms with Crippen molar-refractivity contribution in [2.75, 3.05) is 6.54 Å². The molecule has 0 unspecified atom stereocenters. The minimum absolute atomic E-state index is 0.581. The summed E-state index contributed by atoms with van der Waals surface area (Å²) >= 11 is 0. The van der Waals surface area contributed by atoms with Gasteiger partial charge >= 0.3 is 0 Å². The van der Waals surface area contributed by atoms with E-state index in [2.05, 4.69) is 36.2 Å². The van der Waals surface area contributed by atoms with Crippen LogP contribution in [0.3, 0.4) is 0 Å². The first-order valence-corrected chi connectivity index (χ1v) is 5.97. The molecule has 17 heavy (non-hydrogen) atoms. The predicted molar refractivity (Wildman–Crippen MR) is 67.8 cm³/mol. The van der Waals surface area contributed by atoms with Gasteiger partial charge < -0.3 is 10.2 Å². The monoisotopic (exact) mass is 230 g/mol. The maximum atomic E-state index is 5.58. The van der Waals surface area contributed by atoms with Gasteiger partial charge in [0.15, 0.2) is 5.89 Å². The van der Waals surface area contributed by atoms with E-state index in [1.165, 1.54) is 11.1 Å². The lowest BCUT2D eigenvalue weighted by Crippen LogP contribution is -2.02. The molecule has 0 spiro atoms. The highest BCUT2D eigenvalue weighted by atomic mass is 16.4. The van der Waals surface area contributed by atoms with Crippen LogP contribution in [0, 0.1) is 6.92 Å². The van der Waals surface area contributed by atoms with E-state index in [4.69, 9.17) is 10.2 Å². The van der Waals surface area contributed by atoms with E-state index in [-0.39, 0.29) is 0 Å². The van der Waals surface area contributed by atoms with E-state index < -0.39 is 0 Å². The van der Waals surface area contributed by atoms with Crippen LogP contribution in [0.1, 0.15) is 22.8 Å². The van der Waals surface area contributed by atoms with Crippen LogP contribution in [0.25, 0.3) is 0 Å². The number of aryl methyl sites for hydroxylation is 3. The Morgan fingerprint density at radius 1 is 1.24 bits per heavy atom. The van der Waals surface area contributed by atoms with Gasteiger partial charge in [-0.1, -0.05) is 29.8 Å². The van der Waals surface area contributed by atoms with Crippen LogP contribution in [0.2, 0.25) is 0 Å². The van der Waals surface area contributed by atoms with Gasteiger partial charge in [-0.2, -0.15) is 0 Å². The molecule has 0 aliphatic carbocycles. The Bertz CT molecular complexity index is 477. The highest BCUT2D eigenvalue weighted by Crippen LogP contribution is 2.10. The van der Waals surface area contributed by atoms with Gasteiger partial charge in [-0.3, -0.25) is 0 Å². The summed E-state index contributed by atoms with van der Waals surface area (Å²) in [6.45, 7) is 2.69. The van der Waals surface area contributed by atoms with Gasteiger partial charge in [-0.05, 0) is 18.9 Å². The summed E-state index contributed by atoms with van der Waals surface area (Å²) in [7, 11) is 0. The highest BCUT2D eigenvalue weighted by molar-refractivity contribution is 5.22. The number of oxazole rings is 1. The molecule has 90 valence electrons. The molecule has 1 aromatic heterocycles. The first-order valence-electron chi connectivity index (χ1n) is 5.97. The second-order valence-electron chi connectivity index (χ2n) is 4.25. The van der Waals surface area contributed by atoms with Crippen LogP contribution >= 0.6 is 0 Å². The lowest BCUT2D eigenvalue weighted by Gasteiger charge is -2.00. The molecule has 2 aromatic rings. The van der Waals surface area contributed by atoms with Crippen molar-refractivity contribution in [2.45, 2.75) is 26.2 Å². The fourth-order valence-corrected chi connectivity index (χ4v) is 1.84. The zero-order valence-electron chi connectivity index (χ0n) is 10.1. The Balaban J connectivity index is 1.93. The fourth-order valence-electron chi connectivity index (χ4n) is 1.84. The average Bonchev–Trinajstić information content (AvgIpc) is 2.75. The molecule has 3 heteroatoms. The Labute approximate surface area is 102 Å². The maximum absolute atomic E-state index is 5.58. The second-order valence-corrected chi connectivity index (χ2v) is 4.25. The average molecular weight is 230 g/mol. The van der Waals surface area contributed by atoms with Crippen LogP contribution in [0.4, 0.5) is 0 Å². The molecular weight excluding hydrogens is 212 g/mol. The van der Waals surface area contributed by atoms with Crippen LogP contribution in [-0.4, -0.2) is 11.5 Å². The second kappa shape index (κ2) is 5.64. The normalized spacial score (nSPS) is 10.7. The Morgan fingerprint density at radius 2 is 2.12 bits per heavy atom. The topological polar surface area (TPSA) is 52.0 Å². The van der Waals surface area contributed by atoms with Crippen molar-refractivity contribution in [1.29, 1.82) is 0 Å².